The lowest BCUT2D eigenvalue weighted by Crippen LogP contribution is -2.34. The van der Waals surface area contributed by atoms with Gasteiger partial charge in [0.05, 0.1) is 11.8 Å². The molecular weight excluding hydrogens is 326 g/mol. The quantitative estimate of drug-likeness (QED) is 0.857. The molecule has 0 aliphatic heterocycles. The van der Waals surface area contributed by atoms with E-state index in [4.69, 9.17) is 4.42 Å². The maximum absolute atomic E-state index is 11.7. The second-order valence-electron chi connectivity index (χ2n) is 4.09. The summed E-state index contributed by atoms with van der Waals surface area (Å²) in [5.74, 6) is -0.121. The molecule has 0 saturated heterocycles. The Labute approximate surface area is 106 Å². The van der Waals surface area contributed by atoms with Gasteiger partial charge in [0.1, 0.15) is 0 Å². The summed E-state index contributed by atoms with van der Waals surface area (Å²) in [5, 5.41) is 3.70. The number of rotatable bonds is 4. The number of hydrogen-bond donors (Lipinski definition) is 1. The molecule has 0 aliphatic rings. The zero-order chi connectivity index (χ0) is 11.5. The molecule has 0 aliphatic carbocycles. The van der Waals surface area contributed by atoms with Crippen LogP contribution >= 0.6 is 31.9 Å². The molecule has 1 rings (SSSR count). The predicted octanol–water partition coefficient (Wildman–Crippen LogP) is 3.19. The maximum atomic E-state index is 11.7. The van der Waals surface area contributed by atoms with Gasteiger partial charge in [-0.1, -0.05) is 29.8 Å². The van der Waals surface area contributed by atoms with Gasteiger partial charge < -0.3 is 9.73 Å². The molecule has 0 saturated carbocycles. The lowest BCUT2D eigenvalue weighted by Gasteiger charge is -2.21. The van der Waals surface area contributed by atoms with Crippen molar-refractivity contribution in [3.8, 4) is 0 Å². The van der Waals surface area contributed by atoms with Crippen LogP contribution in [-0.4, -0.2) is 17.8 Å². The summed E-state index contributed by atoms with van der Waals surface area (Å²) in [6.07, 6.45) is 1.48. The Morgan fingerprint density at radius 3 is 2.73 bits per heavy atom. The molecule has 0 spiro atoms. The molecule has 0 fully saturated rings. The molecule has 1 aromatic heterocycles. The van der Waals surface area contributed by atoms with Crippen molar-refractivity contribution in [2.75, 3.05) is 11.9 Å². The number of halogens is 2. The van der Waals surface area contributed by atoms with Crippen molar-refractivity contribution >= 4 is 37.8 Å². The van der Waals surface area contributed by atoms with Crippen LogP contribution in [-0.2, 0) is 0 Å². The van der Waals surface area contributed by atoms with E-state index in [9.17, 15) is 4.79 Å². The largest absolute Gasteiger partial charge is 0.457 e. The van der Waals surface area contributed by atoms with Crippen molar-refractivity contribution in [1.82, 2.24) is 5.32 Å². The highest BCUT2D eigenvalue weighted by molar-refractivity contribution is 9.10. The summed E-state index contributed by atoms with van der Waals surface area (Å²) in [6, 6.07) is 1.64. The van der Waals surface area contributed by atoms with Gasteiger partial charge in [-0.15, -0.1) is 0 Å². The van der Waals surface area contributed by atoms with Crippen LogP contribution in [0.4, 0.5) is 0 Å². The Kier molecular flexibility index (Phi) is 4.40. The van der Waals surface area contributed by atoms with Crippen molar-refractivity contribution < 1.29 is 9.21 Å². The van der Waals surface area contributed by atoms with Gasteiger partial charge in [0, 0.05) is 11.9 Å². The smallest absolute Gasteiger partial charge is 0.255 e. The first-order valence-electron chi connectivity index (χ1n) is 4.53. The van der Waals surface area contributed by atoms with Crippen LogP contribution in [0.3, 0.4) is 0 Å². The van der Waals surface area contributed by atoms with Crippen molar-refractivity contribution in [3.63, 3.8) is 0 Å². The number of carbonyl (C=O) groups is 1. The first-order valence-corrected chi connectivity index (χ1v) is 6.45. The number of nitrogens with one attached hydrogen (secondary N) is 1. The van der Waals surface area contributed by atoms with Gasteiger partial charge in [0.25, 0.3) is 5.91 Å². The topological polar surface area (TPSA) is 42.2 Å². The molecule has 3 nitrogen and oxygen atoms in total. The molecule has 5 heteroatoms. The van der Waals surface area contributed by atoms with E-state index in [0.717, 1.165) is 5.33 Å². The molecular formula is C10H13Br2NO2. The minimum atomic E-state index is -0.121. The number of carbonyl (C=O) groups excluding carboxylic acids is 1. The highest BCUT2D eigenvalue weighted by Gasteiger charge is 2.19. The van der Waals surface area contributed by atoms with Crippen LogP contribution in [0.1, 0.15) is 24.2 Å². The number of furan rings is 1. The van der Waals surface area contributed by atoms with E-state index in [0.29, 0.717) is 16.8 Å². The Morgan fingerprint density at radius 1 is 1.60 bits per heavy atom. The molecule has 84 valence electrons. The Morgan fingerprint density at radius 2 is 2.27 bits per heavy atom. The molecule has 0 bridgehead atoms. The van der Waals surface area contributed by atoms with Crippen molar-refractivity contribution in [2.24, 2.45) is 5.41 Å². The summed E-state index contributed by atoms with van der Waals surface area (Å²) in [7, 11) is 0. The third-order valence-electron chi connectivity index (χ3n) is 1.95. The molecule has 15 heavy (non-hydrogen) atoms. The van der Waals surface area contributed by atoms with Gasteiger partial charge >= 0.3 is 0 Å². The summed E-state index contributed by atoms with van der Waals surface area (Å²) >= 11 is 6.57. The van der Waals surface area contributed by atoms with E-state index in [1.54, 1.807) is 6.07 Å². The van der Waals surface area contributed by atoms with Crippen molar-refractivity contribution in [1.29, 1.82) is 0 Å². The lowest BCUT2D eigenvalue weighted by molar-refractivity contribution is 0.0938. The minimum absolute atomic E-state index is 0.0475. The van der Waals surface area contributed by atoms with E-state index in [1.165, 1.54) is 6.26 Å². The number of hydrogen-bond acceptors (Lipinski definition) is 2. The average molecular weight is 339 g/mol. The SMILES string of the molecule is CC(C)(CBr)CNC(=O)c1ccoc1Br. The van der Waals surface area contributed by atoms with Crippen LogP contribution in [0.5, 0.6) is 0 Å². The fourth-order valence-electron chi connectivity index (χ4n) is 0.918. The molecule has 1 aromatic rings. The summed E-state index contributed by atoms with van der Waals surface area (Å²) in [5.41, 5.74) is 0.576. The summed E-state index contributed by atoms with van der Waals surface area (Å²) in [4.78, 5) is 11.7. The Bertz CT molecular complexity index is 347. The van der Waals surface area contributed by atoms with Crippen LogP contribution < -0.4 is 5.32 Å². The fraction of sp³-hybridized carbons (Fsp3) is 0.500. The second-order valence-corrected chi connectivity index (χ2v) is 5.37. The van der Waals surface area contributed by atoms with E-state index >= 15 is 0 Å². The molecule has 1 amide bonds. The van der Waals surface area contributed by atoms with Crippen molar-refractivity contribution in [3.05, 3.63) is 22.6 Å². The molecule has 0 atom stereocenters. The standard InChI is InChI=1S/C10H13Br2NO2/c1-10(2,5-11)6-13-9(14)7-3-4-15-8(7)12/h3-4H,5-6H2,1-2H3,(H,13,14). The molecule has 0 aromatic carbocycles. The van der Waals surface area contributed by atoms with Gasteiger partial charge in [0.2, 0.25) is 0 Å². The third kappa shape index (κ3) is 3.65. The van der Waals surface area contributed by atoms with Crippen molar-refractivity contribution in [2.45, 2.75) is 13.8 Å². The highest BCUT2D eigenvalue weighted by atomic mass is 79.9. The minimum Gasteiger partial charge on any atom is -0.457 e. The third-order valence-corrected chi connectivity index (χ3v) is 4.08. The zero-order valence-corrected chi connectivity index (χ0v) is 11.8. The van der Waals surface area contributed by atoms with E-state index in [2.05, 4.69) is 51.0 Å². The van der Waals surface area contributed by atoms with Crippen LogP contribution in [0, 0.1) is 5.41 Å². The molecule has 1 heterocycles. The van der Waals surface area contributed by atoms with Gasteiger partial charge in [-0.3, -0.25) is 4.79 Å². The first-order chi connectivity index (χ1) is 6.96. The normalized spacial score (nSPS) is 11.5. The van der Waals surface area contributed by atoms with E-state index in [-0.39, 0.29) is 11.3 Å². The summed E-state index contributed by atoms with van der Waals surface area (Å²) < 4.78 is 5.46. The summed E-state index contributed by atoms with van der Waals surface area (Å²) in [6.45, 7) is 4.77. The number of amides is 1. The lowest BCUT2D eigenvalue weighted by atomic mass is 9.97. The van der Waals surface area contributed by atoms with E-state index < -0.39 is 0 Å². The van der Waals surface area contributed by atoms with Crippen LogP contribution in [0.15, 0.2) is 21.4 Å². The van der Waals surface area contributed by atoms with Gasteiger partial charge in [-0.2, -0.15) is 0 Å². The fourth-order valence-corrected chi connectivity index (χ4v) is 1.54. The highest BCUT2D eigenvalue weighted by Crippen LogP contribution is 2.19. The van der Waals surface area contributed by atoms with Gasteiger partial charge in [0.15, 0.2) is 4.67 Å². The van der Waals surface area contributed by atoms with Gasteiger partial charge in [-0.05, 0) is 27.4 Å². The molecule has 0 radical (unpaired) electrons. The monoisotopic (exact) mass is 337 g/mol. The Balaban J connectivity index is 2.55. The molecule has 1 N–H and O–H groups in total. The molecule has 0 unspecified atom stereocenters. The average Bonchev–Trinajstić information content (AvgIpc) is 2.61. The number of alkyl halides is 1. The zero-order valence-electron chi connectivity index (χ0n) is 8.64. The first kappa shape index (κ1) is 12.8. The van der Waals surface area contributed by atoms with Gasteiger partial charge in [-0.25, -0.2) is 0 Å². The Hall–Kier alpha value is -0.290. The van der Waals surface area contributed by atoms with Crippen LogP contribution in [0.25, 0.3) is 0 Å². The second kappa shape index (κ2) is 5.16. The van der Waals surface area contributed by atoms with E-state index in [1.807, 2.05) is 0 Å². The van der Waals surface area contributed by atoms with Crippen LogP contribution in [0.2, 0.25) is 0 Å². The predicted molar refractivity (Wildman–Crippen MR) is 66.3 cm³/mol. The maximum Gasteiger partial charge on any atom is 0.255 e.